The van der Waals surface area contributed by atoms with E-state index in [4.69, 9.17) is 5.73 Å². The molecule has 7 heteroatoms. The van der Waals surface area contributed by atoms with Gasteiger partial charge in [-0.15, -0.1) is 0 Å². The number of H-pyrrole nitrogens is 2. The largest absolute Gasteiger partial charge is 0.399 e. The highest BCUT2D eigenvalue weighted by Gasteiger charge is 2.09. The van der Waals surface area contributed by atoms with Crippen molar-refractivity contribution in [2.45, 2.75) is 29.9 Å². The van der Waals surface area contributed by atoms with Gasteiger partial charge < -0.3 is 15.7 Å². The van der Waals surface area contributed by atoms with E-state index in [-0.39, 0.29) is 11.5 Å². The molecule has 0 saturated carbocycles. The lowest BCUT2D eigenvalue weighted by Gasteiger charge is -2.05. The van der Waals surface area contributed by atoms with Crippen molar-refractivity contribution in [3.05, 3.63) is 40.4 Å². The monoisotopic (exact) mass is 301 g/mol. The van der Waals surface area contributed by atoms with Crippen LogP contribution < -0.4 is 11.3 Å². The normalized spacial score (nSPS) is 11.4. The summed E-state index contributed by atoms with van der Waals surface area (Å²) in [6.45, 7) is 3.97. The number of aromatic nitrogens is 4. The Morgan fingerprint density at radius 1 is 1.19 bits per heavy atom. The number of nitrogens with zero attached hydrogens (tertiary/aromatic N) is 2. The summed E-state index contributed by atoms with van der Waals surface area (Å²) < 4.78 is 0. The van der Waals surface area contributed by atoms with Gasteiger partial charge in [0, 0.05) is 17.7 Å². The Hall–Kier alpha value is -2.28. The van der Waals surface area contributed by atoms with Crippen LogP contribution in [0.3, 0.4) is 0 Å². The number of nitrogen functional groups attached to an aromatic ring is 1. The minimum absolute atomic E-state index is 0.156. The number of hydrogen-bond donors (Lipinski definition) is 3. The van der Waals surface area contributed by atoms with Gasteiger partial charge in [-0.3, -0.25) is 4.79 Å². The maximum atomic E-state index is 11.7. The number of anilines is 1. The second-order valence-corrected chi connectivity index (χ2v) is 6.05. The quantitative estimate of drug-likeness (QED) is 0.510. The minimum atomic E-state index is -0.156. The van der Waals surface area contributed by atoms with Crippen LogP contribution in [0.15, 0.2) is 39.2 Å². The third kappa shape index (κ3) is 2.92. The number of imidazole rings is 1. The van der Waals surface area contributed by atoms with Crippen LogP contribution in [0.25, 0.3) is 11.0 Å². The van der Waals surface area contributed by atoms with E-state index >= 15 is 0 Å². The molecule has 0 bridgehead atoms. The van der Waals surface area contributed by atoms with Crippen LogP contribution in [0.5, 0.6) is 0 Å². The van der Waals surface area contributed by atoms with E-state index in [1.54, 1.807) is 6.07 Å². The average Bonchev–Trinajstić information content (AvgIpc) is 2.79. The van der Waals surface area contributed by atoms with Gasteiger partial charge >= 0.3 is 0 Å². The Morgan fingerprint density at radius 2 is 2.00 bits per heavy atom. The molecule has 6 nitrogen and oxygen atoms in total. The molecule has 0 aliphatic carbocycles. The highest BCUT2D eigenvalue weighted by Crippen LogP contribution is 2.26. The Morgan fingerprint density at radius 3 is 2.76 bits per heavy atom. The highest BCUT2D eigenvalue weighted by atomic mass is 32.2. The molecule has 4 N–H and O–H groups in total. The third-order valence-electron chi connectivity index (χ3n) is 2.97. The van der Waals surface area contributed by atoms with Crippen molar-refractivity contribution < 1.29 is 0 Å². The van der Waals surface area contributed by atoms with Gasteiger partial charge in [-0.1, -0.05) is 13.8 Å². The van der Waals surface area contributed by atoms with Crippen molar-refractivity contribution in [3.8, 4) is 0 Å². The van der Waals surface area contributed by atoms with Crippen molar-refractivity contribution in [1.29, 1.82) is 0 Å². The Labute approximate surface area is 125 Å². The summed E-state index contributed by atoms with van der Waals surface area (Å²) in [5.41, 5.74) is 7.97. The van der Waals surface area contributed by atoms with E-state index in [0.717, 1.165) is 11.0 Å². The molecule has 2 aromatic heterocycles. The zero-order chi connectivity index (χ0) is 15.0. The fourth-order valence-electron chi connectivity index (χ4n) is 1.93. The molecule has 3 aromatic rings. The van der Waals surface area contributed by atoms with Crippen molar-refractivity contribution >= 4 is 28.5 Å². The molecule has 0 saturated heterocycles. The molecule has 0 unspecified atom stereocenters. The van der Waals surface area contributed by atoms with Crippen LogP contribution in [-0.2, 0) is 0 Å². The fraction of sp³-hybridized carbons (Fsp3) is 0.214. The van der Waals surface area contributed by atoms with Crippen molar-refractivity contribution in [1.82, 2.24) is 19.9 Å². The summed E-state index contributed by atoms with van der Waals surface area (Å²) in [6.07, 6.45) is 0. The van der Waals surface area contributed by atoms with E-state index in [0.29, 0.717) is 21.7 Å². The lowest BCUT2D eigenvalue weighted by Crippen LogP contribution is -2.11. The van der Waals surface area contributed by atoms with E-state index in [1.165, 1.54) is 17.8 Å². The van der Waals surface area contributed by atoms with Gasteiger partial charge in [-0.05, 0) is 30.0 Å². The van der Waals surface area contributed by atoms with Crippen LogP contribution in [0.1, 0.15) is 25.6 Å². The number of nitrogens with two attached hydrogens (primary N) is 1. The van der Waals surface area contributed by atoms with Crippen LogP contribution in [-0.4, -0.2) is 19.9 Å². The molecule has 2 heterocycles. The number of benzene rings is 1. The first-order valence-electron chi connectivity index (χ1n) is 6.55. The van der Waals surface area contributed by atoms with Crippen molar-refractivity contribution in [2.24, 2.45) is 0 Å². The van der Waals surface area contributed by atoms with Gasteiger partial charge in [0.25, 0.3) is 5.56 Å². The summed E-state index contributed by atoms with van der Waals surface area (Å²) in [7, 11) is 0. The van der Waals surface area contributed by atoms with Crippen molar-refractivity contribution in [2.75, 3.05) is 5.73 Å². The van der Waals surface area contributed by atoms with Gasteiger partial charge in [0.2, 0.25) is 0 Å². The first-order valence-corrected chi connectivity index (χ1v) is 7.37. The van der Waals surface area contributed by atoms with Gasteiger partial charge in [-0.2, -0.15) is 0 Å². The maximum absolute atomic E-state index is 11.7. The highest BCUT2D eigenvalue weighted by molar-refractivity contribution is 7.99. The van der Waals surface area contributed by atoms with Gasteiger partial charge in [0.15, 0.2) is 5.16 Å². The molecule has 0 amide bonds. The van der Waals surface area contributed by atoms with Crippen LogP contribution >= 0.6 is 11.8 Å². The summed E-state index contributed by atoms with van der Waals surface area (Å²) in [4.78, 5) is 26.5. The Balaban J connectivity index is 1.96. The Bertz CT molecular complexity index is 852. The summed E-state index contributed by atoms with van der Waals surface area (Å²) in [5, 5.41) is 1.30. The molecule has 21 heavy (non-hydrogen) atoms. The lowest BCUT2D eigenvalue weighted by atomic mass is 10.2. The first kappa shape index (κ1) is 13.7. The molecule has 0 fully saturated rings. The summed E-state index contributed by atoms with van der Waals surface area (Å²) >= 11 is 1.33. The zero-order valence-electron chi connectivity index (χ0n) is 11.7. The van der Waals surface area contributed by atoms with E-state index in [1.807, 2.05) is 26.0 Å². The maximum Gasteiger partial charge on any atom is 0.252 e. The SMILES string of the molecule is CC(C)c1nc(Sc2nc3ccc(N)cc3[nH]2)cc(=O)[nH]1. The standard InChI is InChI=1S/C14H15N5OS/c1-7(2)13-18-11(20)6-12(19-13)21-14-16-9-4-3-8(15)5-10(9)17-14/h3-7H,15H2,1-2H3,(H,16,17)(H,18,19,20). The minimum Gasteiger partial charge on any atom is -0.399 e. The topological polar surface area (TPSA) is 100 Å². The van der Waals surface area contributed by atoms with Gasteiger partial charge in [0.05, 0.1) is 11.0 Å². The Kier molecular flexibility index (Phi) is 3.42. The number of fused-ring (bicyclic) bond motifs is 1. The van der Waals surface area contributed by atoms with Crippen LogP contribution in [0.4, 0.5) is 5.69 Å². The third-order valence-corrected chi connectivity index (χ3v) is 3.77. The van der Waals surface area contributed by atoms with Crippen LogP contribution in [0.2, 0.25) is 0 Å². The number of hydrogen-bond acceptors (Lipinski definition) is 5. The van der Waals surface area contributed by atoms with Crippen molar-refractivity contribution in [3.63, 3.8) is 0 Å². The molecule has 0 atom stereocenters. The average molecular weight is 301 g/mol. The molecule has 1 aromatic carbocycles. The fourth-order valence-corrected chi connectivity index (χ4v) is 2.74. The predicted molar refractivity (Wildman–Crippen MR) is 83.6 cm³/mol. The predicted octanol–water partition coefficient (Wildman–Crippen LogP) is 2.50. The molecule has 0 radical (unpaired) electrons. The van der Waals surface area contributed by atoms with E-state index in [9.17, 15) is 4.79 Å². The molecule has 108 valence electrons. The number of nitrogens with one attached hydrogen (secondary N) is 2. The smallest absolute Gasteiger partial charge is 0.252 e. The zero-order valence-corrected chi connectivity index (χ0v) is 12.5. The number of rotatable bonds is 3. The molecule has 0 spiro atoms. The summed E-state index contributed by atoms with van der Waals surface area (Å²) in [6, 6.07) is 6.96. The van der Waals surface area contributed by atoms with Crippen LogP contribution in [0, 0.1) is 0 Å². The summed E-state index contributed by atoms with van der Waals surface area (Å²) in [5.74, 6) is 0.832. The second-order valence-electron chi connectivity index (χ2n) is 5.04. The molecule has 3 rings (SSSR count). The molecular weight excluding hydrogens is 286 g/mol. The van der Waals surface area contributed by atoms with Gasteiger partial charge in [-0.25, -0.2) is 9.97 Å². The molecule has 0 aliphatic heterocycles. The first-order chi connectivity index (χ1) is 10.0. The van der Waals surface area contributed by atoms with Gasteiger partial charge in [0.1, 0.15) is 10.9 Å². The van der Waals surface area contributed by atoms with E-state index < -0.39 is 0 Å². The second kappa shape index (κ2) is 5.25. The number of aromatic amines is 2. The molecule has 0 aliphatic rings. The molecular formula is C14H15N5OS. The lowest BCUT2D eigenvalue weighted by molar-refractivity contribution is 0.744. The van der Waals surface area contributed by atoms with E-state index in [2.05, 4.69) is 19.9 Å².